The summed E-state index contributed by atoms with van der Waals surface area (Å²) in [6.45, 7) is 3.22. The normalized spacial score (nSPS) is 22.9. The van der Waals surface area contributed by atoms with E-state index < -0.39 is 0 Å². The van der Waals surface area contributed by atoms with Gasteiger partial charge in [0.2, 0.25) is 0 Å². The molecule has 1 aromatic carbocycles. The van der Waals surface area contributed by atoms with E-state index in [0.717, 1.165) is 24.1 Å². The summed E-state index contributed by atoms with van der Waals surface area (Å²) in [5.74, 6) is 1.57. The van der Waals surface area contributed by atoms with Gasteiger partial charge >= 0.3 is 0 Å². The Morgan fingerprint density at radius 3 is 2.83 bits per heavy atom. The van der Waals surface area contributed by atoms with Gasteiger partial charge in [-0.2, -0.15) is 0 Å². The van der Waals surface area contributed by atoms with Gasteiger partial charge in [-0.3, -0.25) is 0 Å². The molecule has 0 spiro atoms. The fraction of sp³-hybridized carbons (Fsp3) is 0.462. The molecule has 2 unspecified atom stereocenters. The zero-order valence-electron chi connectivity index (χ0n) is 10.6. The van der Waals surface area contributed by atoms with Gasteiger partial charge in [-0.1, -0.05) is 29.7 Å². The van der Waals surface area contributed by atoms with Crippen molar-refractivity contribution in [3.8, 4) is 0 Å². The van der Waals surface area contributed by atoms with Gasteiger partial charge in [0.15, 0.2) is 5.84 Å². The summed E-state index contributed by atoms with van der Waals surface area (Å²) in [7, 11) is 2.00. The van der Waals surface area contributed by atoms with Crippen LogP contribution in [0.4, 0.5) is 5.69 Å². The van der Waals surface area contributed by atoms with E-state index >= 15 is 0 Å². The van der Waals surface area contributed by atoms with E-state index in [2.05, 4.69) is 17.0 Å². The molecule has 4 nitrogen and oxygen atoms in total. The zero-order valence-corrected chi connectivity index (χ0v) is 11.4. The zero-order chi connectivity index (χ0) is 13.3. The fourth-order valence-electron chi connectivity index (χ4n) is 2.24. The Morgan fingerprint density at radius 1 is 1.61 bits per heavy atom. The molecule has 98 valence electrons. The van der Waals surface area contributed by atoms with Gasteiger partial charge in [0.25, 0.3) is 0 Å². The molecule has 0 bridgehead atoms. The van der Waals surface area contributed by atoms with Crippen molar-refractivity contribution >= 4 is 23.1 Å². The number of anilines is 1. The summed E-state index contributed by atoms with van der Waals surface area (Å²) in [5, 5.41) is 12.4. The maximum Gasteiger partial charge on any atom is 0.173 e. The van der Waals surface area contributed by atoms with Crippen molar-refractivity contribution < 1.29 is 5.21 Å². The second kappa shape index (κ2) is 5.06. The van der Waals surface area contributed by atoms with Crippen LogP contribution in [0.2, 0.25) is 5.02 Å². The lowest BCUT2D eigenvalue weighted by Crippen LogP contribution is -2.25. The molecule has 5 heteroatoms. The van der Waals surface area contributed by atoms with E-state index in [-0.39, 0.29) is 5.84 Å². The quantitative estimate of drug-likeness (QED) is 0.381. The Kier molecular flexibility index (Phi) is 3.66. The number of hydrogen-bond donors (Lipinski definition) is 2. The highest BCUT2D eigenvalue weighted by molar-refractivity contribution is 6.34. The Balaban J connectivity index is 2.28. The molecule has 1 saturated carbocycles. The second-order valence-electron chi connectivity index (χ2n) is 4.97. The molecule has 0 amide bonds. The molecule has 0 aromatic heterocycles. The van der Waals surface area contributed by atoms with Crippen LogP contribution in [0.3, 0.4) is 0 Å². The second-order valence-corrected chi connectivity index (χ2v) is 5.38. The van der Waals surface area contributed by atoms with E-state index in [1.165, 1.54) is 6.42 Å². The topological polar surface area (TPSA) is 61.8 Å². The minimum Gasteiger partial charge on any atom is -0.409 e. The largest absolute Gasteiger partial charge is 0.409 e. The lowest BCUT2D eigenvalue weighted by atomic mass is 10.1. The van der Waals surface area contributed by atoms with Crippen LogP contribution in [-0.2, 0) is 0 Å². The average Bonchev–Trinajstić information content (AvgIpc) is 3.03. The third kappa shape index (κ3) is 2.53. The standard InChI is InChI=1S/C13H18ClN3O/c1-8-6-9(8)7-17(2)11-5-3-4-10(14)12(11)13(15)16-18/h3-5,8-9,18H,6-7H2,1-2H3,(H2,15,16). The average molecular weight is 268 g/mol. The Labute approximate surface area is 112 Å². The maximum absolute atomic E-state index is 8.84. The first kappa shape index (κ1) is 13.0. The van der Waals surface area contributed by atoms with Crippen LogP contribution in [-0.4, -0.2) is 24.6 Å². The van der Waals surface area contributed by atoms with Gasteiger partial charge in [-0.15, -0.1) is 0 Å². The number of amidine groups is 1. The van der Waals surface area contributed by atoms with Gasteiger partial charge in [0.1, 0.15) is 0 Å². The smallest absolute Gasteiger partial charge is 0.173 e. The fourth-order valence-corrected chi connectivity index (χ4v) is 2.50. The Bertz CT molecular complexity index is 475. The molecule has 2 atom stereocenters. The third-order valence-corrected chi connectivity index (χ3v) is 3.87. The van der Waals surface area contributed by atoms with Gasteiger partial charge in [-0.25, -0.2) is 0 Å². The molecule has 1 aromatic rings. The minimum absolute atomic E-state index is 0.0475. The highest BCUT2D eigenvalue weighted by Crippen LogP contribution is 2.39. The van der Waals surface area contributed by atoms with Gasteiger partial charge in [0.05, 0.1) is 10.6 Å². The molecule has 2 rings (SSSR count). The third-order valence-electron chi connectivity index (χ3n) is 3.55. The minimum atomic E-state index is 0.0475. The highest BCUT2D eigenvalue weighted by Gasteiger charge is 2.33. The first-order valence-electron chi connectivity index (χ1n) is 6.02. The van der Waals surface area contributed by atoms with Crippen LogP contribution in [0, 0.1) is 11.8 Å². The molecule has 1 aliphatic carbocycles. The van der Waals surface area contributed by atoms with E-state index in [4.69, 9.17) is 22.5 Å². The number of hydrogen-bond acceptors (Lipinski definition) is 3. The predicted octanol–water partition coefficient (Wildman–Crippen LogP) is 2.53. The van der Waals surface area contributed by atoms with Gasteiger partial charge in [0, 0.05) is 19.3 Å². The van der Waals surface area contributed by atoms with Crippen molar-refractivity contribution in [2.75, 3.05) is 18.5 Å². The van der Waals surface area contributed by atoms with Crippen LogP contribution >= 0.6 is 11.6 Å². The van der Waals surface area contributed by atoms with Crippen LogP contribution in [0.5, 0.6) is 0 Å². The van der Waals surface area contributed by atoms with Crippen LogP contribution in [0.15, 0.2) is 23.4 Å². The Hall–Kier alpha value is -1.42. The molecule has 0 aliphatic heterocycles. The summed E-state index contributed by atoms with van der Waals surface area (Å²) in [6.07, 6.45) is 1.27. The number of oxime groups is 1. The highest BCUT2D eigenvalue weighted by atomic mass is 35.5. The summed E-state index contributed by atoms with van der Waals surface area (Å²) in [4.78, 5) is 2.12. The van der Waals surface area contributed by atoms with Crippen molar-refractivity contribution in [3.63, 3.8) is 0 Å². The SMILES string of the molecule is CC1CC1CN(C)c1cccc(Cl)c1C(N)=NO. The number of nitrogens with two attached hydrogens (primary N) is 1. The van der Waals surface area contributed by atoms with Crippen LogP contribution < -0.4 is 10.6 Å². The summed E-state index contributed by atoms with van der Waals surface area (Å²) >= 11 is 6.13. The molecule has 3 N–H and O–H groups in total. The lowest BCUT2D eigenvalue weighted by Gasteiger charge is -2.22. The van der Waals surface area contributed by atoms with Crippen molar-refractivity contribution in [2.45, 2.75) is 13.3 Å². The number of rotatable bonds is 4. The molecule has 0 heterocycles. The van der Waals surface area contributed by atoms with E-state index in [1.807, 2.05) is 19.2 Å². The monoisotopic (exact) mass is 267 g/mol. The van der Waals surface area contributed by atoms with Crippen molar-refractivity contribution in [1.29, 1.82) is 0 Å². The summed E-state index contributed by atoms with van der Waals surface area (Å²) in [6, 6.07) is 5.55. The van der Waals surface area contributed by atoms with E-state index in [9.17, 15) is 0 Å². The summed E-state index contributed by atoms with van der Waals surface area (Å²) < 4.78 is 0. The number of halogens is 1. The summed E-state index contributed by atoms with van der Waals surface area (Å²) in [5.41, 5.74) is 7.19. The molecule has 1 aliphatic rings. The first-order valence-corrected chi connectivity index (χ1v) is 6.40. The predicted molar refractivity (Wildman–Crippen MR) is 74.5 cm³/mol. The molecular weight excluding hydrogens is 250 g/mol. The molecular formula is C13H18ClN3O. The van der Waals surface area contributed by atoms with Crippen molar-refractivity contribution in [3.05, 3.63) is 28.8 Å². The molecule has 18 heavy (non-hydrogen) atoms. The van der Waals surface area contributed by atoms with Crippen molar-refractivity contribution in [2.24, 2.45) is 22.7 Å². The molecule has 0 saturated heterocycles. The van der Waals surface area contributed by atoms with Crippen molar-refractivity contribution in [1.82, 2.24) is 0 Å². The number of nitrogens with zero attached hydrogens (tertiary/aromatic N) is 2. The van der Waals surface area contributed by atoms with Gasteiger partial charge < -0.3 is 15.8 Å². The Morgan fingerprint density at radius 2 is 2.28 bits per heavy atom. The molecule has 0 radical (unpaired) electrons. The molecule has 1 fully saturated rings. The van der Waals surface area contributed by atoms with Crippen LogP contribution in [0.25, 0.3) is 0 Å². The lowest BCUT2D eigenvalue weighted by molar-refractivity contribution is 0.318. The maximum atomic E-state index is 8.84. The number of benzene rings is 1. The van der Waals surface area contributed by atoms with E-state index in [1.54, 1.807) is 6.07 Å². The van der Waals surface area contributed by atoms with E-state index in [0.29, 0.717) is 10.6 Å². The first-order chi connectivity index (χ1) is 8.54. The van der Waals surface area contributed by atoms with Gasteiger partial charge in [-0.05, 0) is 30.4 Å². The van der Waals surface area contributed by atoms with Crippen LogP contribution in [0.1, 0.15) is 18.9 Å².